The summed E-state index contributed by atoms with van der Waals surface area (Å²) in [6.07, 6.45) is 1.56. The second-order valence-corrected chi connectivity index (χ2v) is 10.9. The van der Waals surface area contributed by atoms with Crippen molar-refractivity contribution in [3.8, 4) is 17.0 Å². The maximum atomic E-state index is 15.6. The van der Waals surface area contributed by atoms with Gasteiger partial charge in [0.1, 0.15) is 17.0 Å². The average Bonchev–Trinajstić information content (AvgIpc) is 2.83. The molecule has 194 valence electrons. The topological polar surface area (TPSA) is 91.3 Å². The van der Waals surface area contributed by atoms with Crippen molar-refractivity contribution in [3.05, 3.63) is 47.9 Å². The fourth-order valence-corrected chi connectivity index (χ4v) is 5.73. The van der Waals surface area contributed by atoms with Gasteiger partial charge >= 0.3 is 6.09 Å². The first kappa shape index (κ1) is 26.4. The number of thioether (sulfide) groups is 1. The molecule has 2 aromatic rings. The lowest BCUT2D eigenvalue weighted by atomic mass is 9.74. The van der Waals surface area contributed by atoms with Crippen LogP contribution in [0.2, 0.25) is 0 Å². The van der Waals surface area contributed by atoms with Crippen molar-refractivity contribution in [3.63, 3.8) is 0 Å². The van der Waals surface area contributed by atoms with Gasteiger partial charge in [-0.1, -0.05) is 17.8 Å². The maximum Gasteiger partial charge on any atom is 0.413 e. The normalized spacial score (nSPS) is 23.9. The lowest BCUT2D eigenvalue weighted by Crippen LogP contribution is -2.52. The van der Waals surface area contributed by atoms with Crippen molar-refractivity contribution in [2.45, 2.75) is 44.4 Å². The molecule has 0 spiro atoms. The van der Waals surface area contributed by atoms with Crippen molar-refractivity contribution in [2.75, 3.05) is 33.2 Å². The first-order chi connectivity index (χ1) is 17.1. The molecule has 0 bridgehead atoms. The van der Waals surface area contributed by atoms with Crippen LogP contribution in [0.15, 0.2) is 41.5 Å². The molecule has 0 aliphatic carbocycles. The van der Waals surface area contributed by atoms with Crippen LogP contribution in [0.1, 0.15) is 32.8 Å². The molecule has 36 heavy (non-hydrogen) atoms. The van der Waals surface area contributed by atoms with Crippen LogP contribution in [0, 0.1) is 11.7 Å². The number of alkyl carbamates (subject to hydrolysis) is 1. The summed E-state index contributed by atoms with van der Waals surface area (Å²) in [7, 11) is 3.18. The van der Waals surface area contributed by atoms with Crippen molar-refractivity contribution in [1.29, 1.82) is 0 Å². The number of nitrogens with zero attached hydrogens (tertiary/aromatic N) is 2. The zero-order chi connectivity index (χ0) is 25.9. The predicted octanol–water partition coefficient (Wildman–Crippen LogP) is 4.77. The molecule has 1 fully saturated rings. The van der Waals surface area contributed by atoms with E-state index in [-0.39, 0.29) is 18.6 Å². The Bertz CT molecular complexity index is 1140. The molecular formula is C26H32FN3O5S. The summed E-state index contributed by atoms with van der Waals surface area (Å²) in [5, 5.41) is 3.12. The SMILES string of the molecule is COC[C@H]1C[C@H]2CSC(NC(=O)OC(C)(C)C)=N[C@@]2(c2cc(-c3cccnc3OC)ccc2F)CO1. The number of hydrogen-bond donors (Lipinski definition) is 1. The largest absolute Gasteiger partial charge is 0.481 e. The van der Waals surface area contributed by atoms with Gasteiger partial charge in [-0.15, -0.1) is 0 Å². The Balaban J connectivity index is 1.77. The molecule has 4 rings (SSSR count). The second kappa shape index (κ2) is 10.7. The fraction of sp³-hybridized carbons (Fsp3) is 0.500. The number of rotatable bonds is 5. The average molecular weight is 518 g/mol. The first-order valence-electron chi connectivity index (χ1n) is 11.8. The highest BCUT2D eigenvalue weighted by molar-refractivity contribution is 8.13. The Labute approximate surface area is 215 Å². The number of amidine groups is 1. The zero-order valence-electron chi connectivity index (χ0n) is 21.2. The number of methoxy groups -OCH3 is 2. The van der Waals surface area contributed by atoms with Crippen molar-refractivity contribution >= 4 is 23.0 Å². The van der Waals surface area contributed by atoms with Gasteiger partial charge in [-0.3, -0.25) is 5.32 Å². The minimum atomic E-state index is -1.03. The zero-order valence-corrected chi connectivity index (χ0v) is 22.0. The van der Waals surface area contributed by atoms with Gasteiger partial charge in [-0.05, 0) is 57.0 Å². The molecule has 10 heteroatoms. The fourth-order valence-electron chi connectivity index (χ4n) is 4.58. The van der Waals surface area contributed by atoms with Crippen LogP contribution in [0.25, 0.3) is 11.1 Å². The smallest absolute Gasteiger partial charge is 0.413 e. The van der Waals surface area contributed by atoms with E-state index in [1.54, 1.807) is 59.4 Å². The molecule has 8 nitrogen and oxygen atoms in total. The molecule has 1 amide bonds. The van der Waals surface area contributed by atoms with Crippen LogP contribution in [0.3, 0.4) is 0 Å². The van der Waals surface area contributed by atoms with Gasteiger partial charge in [0.25, 0.3) is 0 Å². The van der Waals surface area contributed by atoms with Crippen molar-refractivity contribution in [2.24, 2.45) is 10.9 Å². The van der Waals surface area contributed by atoms with E-state index < -0.39 is 23.1 Å². The molecule has 0 unspecified atom stereocenters. The van der Waals surface area contributed by atoms with E-state index in [0.29, 0.717) is 35.4 Å². The van der Waals surface area contributed by atoms with Gasteiger partial charge in [0.05, 0.1) is 26.4 Å². The Hall–Kier alpha value is -2.69. The monoisotopic (exact) mass is 517 g/mol. The van der Waals surface area contributed by atoms with E-state index in [2.05, 4.69) is 10.3 Å². The number of aliphatic imine (C=N–C) groups is 1. The number of halogens is 1. The molecule has 3 atom stereocenters. The van der Waals surface area contributed by atoms with Gasteiger partial charge in [0, 0.05) is 36.1 Å². The summed E-state index contributed by atoms with van der Waals surface area (Å²) in [5.74, 6) is 0.630. The maximum absolute atomic E-state index is 15.6. The van der Waals surface area contributed by atoms with Crippen LogP contribution < -0.4 is 10.1 Å². The number of carbonyl (C=O) groups excluding carboxylic acids is 1. The lowest BCUT2D eigenvalue weighted by Gasteiger charge is -2.46. The number of fused-ring (bicyclic) bond motifs is 1. The van der Waals surface area contributed by atoms with E-state index in [9.17, 15) is 4.79 Å². The summed E-state index contributed by atoms with van der Waals surface area (Å²) < 4.78 is 37.8. The van der Waals surface area contributed by atoms with E-state index in [0.717, 1.165) is 11.1 Å². The molecule has 1 saturated heterocycles. The third kappa shape index (κ3) is 5.66. The number of benzene rings is 1. The standard InChI is InChI=1S/C26H32FN3O5S/c1-25(2,3)35-24(31)29-23-30-26(15-34-18(13-32-4)12-17(26)14-36-23)20-11-16(8-9-21(20)27)19-7-6-10-28-22(19)33-5/h6-11,17-18H,12-15H2,1-5H3,(H,29,30,31)/t17-,18+,26-/m0/s1. The Kier molecular flexibility index (Phi) is 7.87. The molecule has 1 N–H and O–H groups in total. The highest BCUT2D eigenvalue weighted by Crippen LogP contribution is 2.48. The van der Waals surface area contributed by atoms with E-state index in [4.69, 9.17) is 23.9 Å². The molecule has 1 aromatic heterocycles. The molecule has 2 aliphatic heterocycles. The van der Waals surface area contributed by atoms with E-state index in [1.807, 2.05) is 6.07 Å². The highest BCUT2D eigenvalue weighted by Gasteiger charge is 2.50. The summed E-state index contributed by atoms with van der Waals surface area (Å²) in [5.41, 5.74) is 0.197. The molecule has 1 aromatic carbocycles. The lowest BCUT2D eigenvalue weighted by molar-refractivity contribution is -0.0837. The van der Waals surface area contributed by atoms with Crippen LogP contribution in [-0.4, -0.2) is 61.1 Å². The van der Waals surface area contributed by atoms with Crippen LogP contribution >= 0.6 is 11.8 Å². The first-order valence-corrected chi connectivity index (χ1v) is 12.8. The number of hydrogen-bond acceptors (Lipinski definition) is 8. The molecule has 0 radical (unpaired) electrons. The minimum Gasteiger partial charge on any atom is -0.481 e. The number of aromatic nitrogens is 1. The van der Waals surface area contributed by atoms with E-state index in [1.165, 1.54) is 17.8 Å². The van der Waals surface area contributed by atoms with Gasteiger partial charge in [0.2, 0.25) is 5.88 Å². The van der Waals surface area contributed by atoms with Gasteiger partial charge in [-0.2, -0.15) is 0 Å². The van der Waals surface area contributed by atoms with Gasteiger partial charge in [-0.25, -0.2) is 19.2 Å². The molecule has 2 aliphatic rings. The minimum absolute atomic E-state index is 0.0406. The quantitative estimate of drug-likeness (QED) is 0.611. The van der Waals surface area contributed by atoms with Crippen LogP contribution in [0.4, 0.5) is 9.18 Å². The van der Waals surface area contributed by atoms with Crippen LogP contribution in [0.5, 0.6) is 5.88 Å². The number of amides is 1. The third-order valence-corrected chi connectivity index (χ3v) is 7.19. The van der Waals surface area contributed by atoms with Crippen LogP contribution in [-0.2, 0) is 19.7 Å². The van der Waals surface area contributed by atoms with Gasteiger partial charge in [0.15, 0.2) is 5.17 Å². The third-order valence-electron chi connectivity index (χ3n) is 6.15. The Morgan fingerprint density at radius 1 is 1.31 bits per heavy atom. The summed E-state index contributed by atoms with van der Waals surface area (Å²) in [4.78, 5) is 21.7. The summed E-state index contributed by atoms with van der Waals surface area (Å²) in [6.45, 7) is 5.96. The van der Waals surface area contributed by atoms with E-state index >= 15 is 4.39 Å². The molecule has 3 heterocycles. The summed E-state index contributed by atoms with van der Waals surface area (Å²) in [6, 6.07) is 8.59. The number of ether oxygens (including phenoxy) is 4. The predicted molar refractivity (Wildman–Crippen MR) is 137 cm³/mol. The number of nitrogens with one attached hydrogen (secondary N) is 1. The Morgan fingerprint density at radius 2 is 2.11 bits per heavy atom. The Morgan fingerprint density at radius 3 is 2.83 bits per heavy atom. The molecule has 0 saturated carbocycles. The number of pyridine rings is 1. The molecular weight excluding hydrogens is 485 g/mol. The highest BCUT2D eigenvalue weighted by atomic mass is 32.2. The van der Waals surface area contributed by atoms with Crippen molar-refractivity contribution in [1.82, 2.24) is 10.3 Å². The summed E-state index contributed by atoms with van der Waals surface area (Å²) >= 11 is 1.42. The second-order valence-electron chi connectivity index (χ2n) is 9.85. The number of carbonyl (C=O) groups is 1. The van der Waals surface area contributed by atoms with Gasteiger partial charge < -0.3 is 18.9 Å². The van der Waals surface area contributed by atoms with Crippen molar-refractivity contribution < 1.29 is 28.1 Å².